The molecule has 0 bridgehead atoms. The molecule has 0 aliphatic carbocycles. The smallest absolute Gasteiger partial charge is 0.132 e. The van der Waals surface area contributed by atoms with Gasteiger partial charge in [-0.1, -0.05) is 121 Å². The molecule has 152 valence electrons. The molecule has 0 saturated heterocycles. The van der Waals surface area contributed by atoms with Crippen molar-refractivity contribution in [3.8, 4) is 0 Å². The predicted octanol–water partition coefficient (Wildman–Crippen LogP) is 5.94. The van der Waals surface area contributed by atoms with E-state index in [9.17, 15) is 0 Å². The number of amidine groups is 1. The molecule has 0 atom stereocenters. The van der Waals surface area contributed by atoms with Crippen molar-refractivity contribution in [1.29, 1.82) is 0 Å². The standard InChI is InChI=1S/C29H26N2/c1-5-13-24(14-6-1)21-22-31-23-29(26-17-9-3-10-18-26,27-19-11-4-12-20-27)30-28(31)25-15-7-2-8-16-25/h1-20H,21-23H2. The third-order valence-corrected chi connectivity index (χ3v) is 6.06. The Morgan fingerprint density at radius 3 is 1.65 bits per heavy atom. The zero-order valence-corrected chi connectivity index (χ0v) is 17.6. The van der Waals surface area contributed by atoms with Crippen molar-refractivity contribution in [2.75, 3.05) is 13.1 Å². The fourth-order valence-corrected chi connectivity index (χ4v) is 4.47. The van der Waals surface area contributed by atoms with Gasteiger partial charge >= 0.3 is 0 Å². The van der Waals surface area contributed by atoms with E-state index in [1.165, 1.54) is 22.3 Å². The van der Waals surface area contributed by atoms with Crippen LogP contribution in [0, 0.1) is 0 Å². The Morgan fingerprint density at radius 1 is 0.613 bits per heavy atom. The van der Waals surface area contributed by atoms with E-state index in [-0.39, 0.29) is 0 Å². The Labute approximate surface area is 184 Å². The summed E-state index contributed by atoms with van der Waals surface area (Å²) in [6.07, 6.45) is 0.992. The molecule has 0 N–H and O–H groups in total. The monoisotopic (exact) mass is 402 g/mol. The number of nitrogens with zero attached hydrogens (tertiary/aromatic N) is 2. The van der Waals surface area contributed by atoms with E-state index in [4.69, 9.17) is 4.99 Å². The van der Waals surface area contributed by atoms with Gasteiger partial charge in [-0.3, -0.25) is 0 Å². The summed E-state index contributed by atoms with van der Waals surface area (Å²) in [4.78, 5) is 7.93. The number of benzene rings is 4. The highest BCUT2D eigenvalue weighted by atomic mass is 15.3. The molecule has 4 aromatic rings. The first-order chi connectivity index (χ1) is 15.4. The molecular weight excluding hydrogens is 376 g/mol. The topological polar surface area (TPSA) is 15.6 Å². The molecule has 0 amide bonds. The van der Waals surface area contributed by atoms with Crippen molar-refractivity contribution in [3.63, 3.8) is 0 Å². The summed E-state index contributed by atoms with van der Waals surface area (Å²) in [5, 5.41) is 0. The fourth-order valence-electron chi connectivity index (χ4n) is 4.47. The third-order valence-electron chi connectivity index (χ3n) is 6.06. The lowest BCUT2D eigenvalue weighted by molar-refractivity contribution is 0.383. The summed E-state index contributed by atoms with van der Waals surface area (Å²) in [6.45, 7) is 1.76. The van der Waals surface area contributed by atoms with Crippen molar-refractivity contribution >= 4 is 5.84 Å². The number of aliphatic imine (C=N–C) groups is 1. The molecule has 31 heavy (non-hydrogen) atoms. The van der Waals surface area contributed by atoms with Gasteiger partial charge in [0, 0.05) is 12.1 Å². The van der Waals surface area contributed by atoms with Crippen LogP contribution < -0.4 is 0 Å². The van der Waals surface area contributed by atoms with E-state index in [1.807, 2.05) is 0 Å². The molecule has 0 saturated carbocycles. The molecule has 1 aliphatic heterocycles. The highest BCUT2D eigenvalue weighted by molar-refractivity contribution is 6.00. The van der Waals surface area contributed by atoms with Crippen LogP contribution in [0.3, 0.4) is 0 Å². The molecular formula is C29H26N2. The van der Waals surface area contributed by atoms with Crippen LogP contribution in [0.15, 0.2) is 126 Å². The average molecular weight is 403 g/mol. The van der Waals surface area contributed by atoms with Crippen LogP contribution in [0.4, 0.5) is 0 Å². The highest BCUT2D eigenvalue weighted by Gasteiger charge is 2.42. The molecule has 0 fully saturated rings. The highest BCUT2D eigenvalue weighted by Crippen LogP contribution is 2.40. The van der Waals surface area contributed by atoms with Crippen molar-refractivity contribution in [3.05, 3.63) is 144 Å². The third kappa shape index (κ3) is 3.89. The Hall–Kier alpha value is -3.65. The summed E-state index contributed by atoms with van der Waals surface area (Å²) in [6, 6.07) is 42.8. The molecule has 0 radical (unpaired) electrons. The zero-order valence-electron chi connectivity index (χ0n) is 17.6. The quantitative estimate of drug-likeness (QED) is 0.390. The van der Waals surface area contributed by atoms with E-state index < -0.39 is 5.54 Å². The van der Waals surface area contributed by atoms with E-state index in [0.717, 1.165) is 25.3 Å². The zero-order chi connectivity index (χ0) is 20.9. The summed E-state index contributed by atoms with van der Waals surface area (Å²) in [5.74, 6) is 1.07. The lowest BCUT2D eigenvalue weighted by Crippen LogP contribution is -2.36. The van der Waals surface area contributed by atoms with Gasteiger partial charge in [0.15, 0.2) is 0 Å². The minimum atomic E-state index is -0.412. The molecule has 2 nitrogen and oxygen atoms in total. The van der Waals surface area contributed by atoms with Gasteiger partial charge in [-0.2, -0.15) is 0 Å². The molecule has 0 aromatic heterocycles. The lowest BCUT2D eigenvalue weighted by atomic mass is 9.83. The van der Waals surface area contributed by atoms with Gasteiger partial charge < -0.3 is 4.90 Å². The summed E-state index contributed by atoms with van der Waals surface area (Å²) in [7, 11) is 0. The summed E-state index contributed by atoms with van der Waals surface area (Å²) >= 11 is 0. The van der Waals surface area contributed by atoms with Gasteiger partial charge in [0.1, 0.15) is 11.4 Å². The molecule has 1 aliphatic rings. The second-order valence-corrected chi connectivity index (χ2v) is 8.05. The molecule has 0 spiro atoms. The average Bonchev–Trinajstić information content (AvgIpc) is 3.26. The first-order valence-electron chi connectivity index (χ1n) is 10.9. The molecule has 2 heteroatoms. The molecule has 0 unspecified atom stereocenters. The van der Waals surface area contributed by atoms with E-state index in [0.29, 0.717) is 0 Å². The van der Waals surface area contributed by atoms with Crippen LogP contribution in [-0.2, 0) is 12.0 Å². The van der Waals surface area contributed by atoms with Crippen LogP contribution in [-0.4, -0.2) is 23.8 Å². The number of hydrogen-bond donors (Lipinski definition) is 0. The van der Waals surface area contributed by atoms with Crippen LogP contribution in [0.5, 0.6) is 0 Å². The van der Waals surface area contributed by atoms with Crippen molar-refractivity contribution < 1.29 is 0 Å². The Balaban J connectivity index is 1.59. The second-order valence-electron chi connectivity index (χ2n) is 8.05. The Bertz CT molecular complexity index is 1100. The van der Waals surface area contributed by atoms with Crippen LogP contribution in [0.2, 0.25) is 0 Å². The maximum Gasteiger partial charge on any atom is 0.132 e. The minimum absolute atomic E-state index is 0.412. The number of rotatable bonds is 6. The molecule has 5 rings (SSSR count). The van der Waals surface area contributed by atoms with Gasteiger partial charge in [-0.05, 0) is 23.1 Å². The maximum atomic E-state index is 5.47. The van der Waals surface area contributed by atoms with E-state index >= 15 is 0 Å². The summed E-state index contributed by atoms with van der Waals surface area (Å²) < 4.78 is 0. The van der Waals surface area contributed by atoms with Gasteiger partial charge in [-0.15, -0.1) is 0 Å². The van der Waals surface area contributed by atoms with E-state index in [2.05, 4.69) is 126 Å². The van der Waals surface area contributed by atoms with Crippen molar-refractivity contribution in [2.45, 2.75) is 12.0 Å². The van der Waals surface area contributed by atoms with Gasteiger partial charge in [0.25, 0.3) is 0 Å². The molecule has 1 heterocycles. The normalized spacial score (nSPS) is 15.0. The maximum absolute atomic E-state index is 5.47. The van der Waals surface area contributed by atoms with Gasteiger partial charge in [0.2, 0.25) is 0 Å². The largest absolute Gasteiger partial charge is 0.353 e. The Kier molecular flexibility index (Phi) is 5.37. The van der Waals surface area contributed by atoms with Crippen LogP contribution in [0.25, 0.3) is 0 Å². The Morgan fingerprint density at radius 2 is 1.10 bits per heavy atom. The van der Waals surface area contributed by atoms with Crippen molar-refractivity contribution in [1.82, 2.24) is 4.90 Å². The lowest BCUT2D eigenvalue weighted by Gasteiger charge is -2.29. The first kappa shape index (κ1) is 19.3. The SMILES string of the molecule is c1ccc(CCN2CC(c3ccccc3)(c3ccccc3)N=C2c2ccccc2)cc1. The molecule has 4 aromatic carbocycles. The predicted molar refractivity (Wildman–Crippen MR) is 128 cm³/mol. The van der Waals surface area contributed by atoms with Gasteiger partial charge in [-0.25, -0.2) is 4.99 Å². The minimum Gasteiger partial charge on any atom is -0.353 e. The van der Waals surface area contributed by atoms with Crippen LogP contribution >= 0.6 is 0 Å². The van der Waals surface area contributed by atoms with Crippen LogP contribution in [0.1, 0.15) is 22.3 Å². The van der Waals surface area contributed by atoms with Gasteiger partial charge in [0.05, 0.1) is 6.54 Å². The fraction of sp³-hybridized carbons (Fsp3) is 0.138. The summed E-state index contributed by atoms with van der Waals surface area (Å²) in [5.41, 5.74) is 4.58. The first-order valence-corrected chi connectivity index (χ1v) is 10.9. The number of hydrogen-bond acceptors (Lipinski definition) is 2. The second kappa shape index (κ2) is 8.61. The van der Waals surface area contributed by atoms with Crippen molar-refractivity contribution in [2.24, 2.45) is 4.99 Å². The van der Waals surface area contributed by atoms with E-state index in [1.54, 1.807) is 0 Å².